The Labute approximate surface area is 167 Å². The third-order valence-electron chi connectivity index (χ3n) is 4.45. The second kappa shape index (κ2) is 8.52. The fourth-order valence-corrected chi connectivity index (χ4v) is 3.98. The summed E-state index contributed by atoms with van der Waals surface area (Å²) in [5, 5.41) is 0.826. The topological polar surface area (TPSA) is 77.6 Å². The van der Waals surface area contributed by atoms with Crippen molar-refractivity contribution < 1.29 is 18.7 Å². The summed E-state index contributed by atoms with van der Waals surface area (Å²) in [6.45, 7) is 4.82. The van der Waals surface area contributed by atoms with E-state index in [1.165, 1.54) is 18.9 Å². The number of thioether (sulfide) groups is 1. The number of rotatable bonds is 7. The van der Waals surface area contributed by atoms with Crippen LogP contribution in [0.4, 0.5) is 0 Å². The van der Waals surface area contributed by atoms with Crippen molar-refractivity contribution in [3.8, 4) is 0 Å². The summed E-state index contributed by atoms with van der Waals surface area (Å²) < 4.78 is 12.4. The van der Waals surface area contributed by atoms with Crippen molar-refractivity contribution in [3.63, 3.8) is 0 Å². The molecule has 3 rings (SSSR count). The minimum Gasteiger partial charge on any atom is -0.465 e. The molecular weight excluding hydrogens is 378 g/mol. The Bertz CT molecular complexity index is 1010. The van der Waals surface area contributed by atoms with Gasteiger partial charge < -0.3 is 18.6 Å². The lowest BCUT2D eigenvalue weighted by molar-refractivity contribution is -0.127. The van der Waals surface area contributed by atoms with Crippen LogP contribution in [0.3, 0.4) is 0 Å². The quantitative estimate of drug-likeness (QED) is 0.445. The molecular formula is C20H23N3O4S. The van der Waals surface area contributed by atoms with Crippen LogP contribution in [0.25, 0.3) is 11.0 Å². The van der Waals surface area contributed by atoms with E-state index in [1.54, 1.807) is 24.9 Å². The molecule has 28 heavy (non-hydrogen) atoms. The second-order valence-electron chi connectivity index (χ2n) is 6.34. The number of furan rings is 1. The smallest absolute Gasteiger partial charge is 0.341 e. The highest BCUT2D eigenvalue weighted by Gasteiger charge is 2.19. The van der Waals surface area contributed by atoms with Crippen LogP contribution < -0.4 is 0 Å². The first-order valence-electron chi connectivity index (χ1n) is 8.94. The Hall–Kier alpha value is -2.74. The molecule has 0 aliphatic rings. The van der Waals surface area contributed by atoms with E-state index < -0.39 is 5.97 Å². The molecule has 148 valence electrons. The van der Waals surface area contributed by atoms with Gasteiger partial charge in [0.15, 0.2) is 5.16 Å². The van der Waals surface area contributed by atoms with Crippen LogP contribution >= 0.6 is 11.8 Å². The van der Waals surface area contributed by atoms with Gasteiger partial charge in [-0.3, -0.25) is 4.79 Å². The Morgan fingerprint density at radius 1 is 1.32 bits per heavy atom. The minimum absolute atomic E-state index is 0.0478. The molecule has 0 aliphatic carbocycles. The SMILES string of the molecule is CCn1c(SCC(=O)N(C)Cc2cc(C(=O)OC)c(C)o2)nc2ccccc21. The molecule has 0 aliphatic heterocycles. The number of nitrogens with zero attached hydrogens (tertiary/aromatic N) is 3. The number of amides is 1. The summed E-state index contributed by atoms with van der Waals surface area (Å²) in [5.41, 5.74) is 2.37. The molecule has 0 spiro atoms. The Morgan fingerprint density at radius 2 is 2.07 bits per heavy atom. The number of fused-ring (bicyclic) bond motifs is 1. The van der Waals surface area contributed by atoms with Crippen LogP contribution in [0, 0.1) is 6.92 Å². The summed E-state index contributed by atoms with van der Waals surface area (Å²) in [4.78, 5) is 30.4. The van der Waals surface area contributed by atoms with E-state index in [9.17, 15) is 9.59 Å². The fourth-order valence-electron chi connectivity index (χ4n) is 2.96. The molecule has 0 fully saturated rings. The maximum atomic E-state index is 12.6. The molecule has 0 saturated heterocycles. The average Bonchev–Trinajstić information content (AvgIpc) is 3.24. The summed E-state index contributed by atoms with van der Waals surface area (Å²) in [7, 11) is 3.03. The van der Waals surface area contributed by atoms with Gasteiger partial charge in [0.1, 0.15) is 17.1 Å². The lowest BCUT2D eigenvalue weighted by atomic mass is 10.2. The summed E-state index contributed by atoms with van der Waals surface area (Å²) >= 11 is 1.42. The molecule has 0 radical (unpaired) electrons. The number of esters is 1. The fraction of sp³-hybridized carbons (Fsp3) is 0.350. The van der Waals surface area contributed by atoms with E-state index in [2.05, 4.69) is 16.5 Å². The van der Waals surface area contributed by atoms with Crippen LogP contribution in [-0.4, -0.2) is 46.2 Å². The van der Waals surface area contributed by atoms with Crippen molar-refractivity contribution in [3.05, 3.63) is 47.4 Å². The van der Waals surface area contributed by atoms with Gasteiger partial charge in [0, 0.05) is 13.6 Å². The van der Waals surface area contributed by atoms with E-state index in [1.807, 2.05) is 24.3 Å². The van der Waals surface area contributed by atoms with Gasteiger partial charge in [0.25, 0.3) is 0 Å². The number of benzene rings is 1. The number of hydrogen-bond donors (Lipinski definition) is 0. The molecule has 0 N–H and O–H groups in total. The number of ether oxygens (including phenoxy) is 1. The van der Waals surface area contributed by atoms with Gasteiger partial charge in [-0.1, -0.05) is 23.9 Å². The monoisotopic (exact) mass is 401 g/mol. The second-order valence-corrected chi connectivity index (χ2v) is 7.28. The van der Waals surface area contributed by atoms with Crippen molar-refractivity contribution in [2.45, 2.75) is 32.1 Å². The molecule has 2 aromatic heterocycles. The highest BCUT2D eigenvalue weighted by molar-refractivity contribution is 7.99. The van der Waals surface area contributed by atoms with E-state index >= 15 is 0 Å². The van der Waals surface area contributed by atoms with E-state index in [0.29, 0.717) is 17.1 Å². The van der Waals surface area contributed by atoms with Crippen molar-refractivity contribution in [2.24, 2.45) is 0 Å². The number of aromatic nitrogens is 2. The van der Waals surface area contributed by atoms with Crippen molar-refractivity contribution >= 4 is 34.7 Å². The van der Waals surface area contributed by atoms with Crippen molar-refractivity contribution in [1.82, 2.24) is 14.5 Å². The molecule has 0 bridgehead atoms. The maximum Gasteiger partial charge on any atom is 0.341 e. The third-order valence-corrected chi connectivity index (χ3v) is 5.41. The molecule has 0 unspecified atom stereocenters. The zero-order chi connectivity index (χ0) is 20.3. The molecule has 7 nitrogen and oxygen atoms in total. The zero-order valence-electron chi connectivity index (χ0n) is 16.4. The molecule has 1 aromatic carbocycles. The lowest BCUT2D eigenvalue weighted by Crippen LogP contribution is -2.27. The molecule has 3 aromatic rings. The molecule has 8 heteroatoms. The van der Waals surface area contributed by atoms with Gasteiger partial charge in [-0.05, 0) is 32.0 Å². The summed E-state index contributed by atoms with van der Waals surface area (Å²) in [6.07, 6.45) is 0. The van der Waals surface area contributed by atoms with Gasteiger partial charge in [-0.15, -0.1) is 0 Å². The van der Waals surface area contributed by atoms with Crippen LogP contribution in [0.15, 0.2) is 39.9 Å². The number of para-hydroxylation sites is 2. The molecule has 0 atom stereocenters. The van der Waals surface area contributed by atoms with E-state index in [0.717, 1.165) is 22.7 Å². The van der Waals surface area contributed by atoms with Crippen molar-refractivity contribution in [2.75, 3.05) is 19.9 Å². The van der Waals surface area contributed by atoms with Gasteiger partial charge in [0.05, 0.1) is 30.4 Å². The maximum absolute atomic E-state index is 12.6. The predicted molar refractivity (Wildman–Crippen MR) is 107 cm³/mol. The minimum atomic E-state index is -0.449. The number of imidazole rings is 1. The first-order valence-corrected chi connectivity index (χ1v) is 9.92. The zero-order valence-corrected chi connectivity index (χ0v) is 17.2. The first-order chi connectivity index (χ1) is 13.4. The van der Waals surface area contributed by atoms with E-state index in [4.69, 9.17) is 9.15 Å². The van der Waals surface area contributed by atoms with Gasteiger partial charge >= 0.3 is 5.97 Å². The van der Waals surface area contributed by atoms with Gasteiger partial charge in [0.2, 0.25) is 5.91 Å². The highest BCUT2D eigenvalue weighted by atomic mass is 32.2. The molecule has 0 saturated carbocycles. The summed E-state index contributed by atoms with van der Waals surface area (Å²) in [5.74, 6) is 0.792. The third kappa shape index (κ3) is 4.06. The number of carbonyl (C=O) groups is 2. The Balaban J connectivity index is 1.64. The summed E-state index contributed by atoms with van der Waals surface area (Å²) in [6, 6.07) is 9.56. The first kappa shape index (κ1) is 20.0. The lowest BCUT2D eigenvalue weighted by Gasteiger charge is -2.15. The van der Waals surface area contributed by atoms with Crippen LogP contribution in [-0.2, 0) is 22.6 Å². The van der Waals surface area contributed by atoms with Crippen LogP contribution in [0.5, 0.6) is 0 Å². The highest BCUT2D eigenvalue weighted by Crippen LogP contribution is 2.24. The normalized spacial score (nSPS) is 11.0. The predicted octanol–water partition coefficient (Wildman–Crippen LogP) is 3.49. The number of hydrogen-bond acceptors (Lipinski definition) is 6. The average molecular weight is 401 g/mol. The van der Waals surface area contributed by atoms with Crippen LogP contribution in [0.1, 0.15) is 28.8 Å². The molecule has 2 heterocycles. The van der Waals surface area contributed by atoms with E-state index in [-0.39, 0.29) is 18.2 Å². The Morgan fingerprint density at radius 3 is 2.79 bits per heavy atom. The van der Waals surface area contributed by atoms with Gasteiger partial charge in [-0.2, -0.15) is 0 Å². The largest absolute Gasteiger partial charge is 0.465 e. The van der Waals surface area contributed by atoms with Gasteiger partial charge in [-0.25, -0.2) is 9.78 Å². The van der Waals surface area contributed by atoms with Crippen LogP contribution in [0.2, 0.25) is 0 Å². The number of carbonyl (C=O) groups excluding carboxylic acids is 2. The number of aryl methyl sites for hydroxylation is 2. The molecule has 1 amide bonds. The number of methoxy groups -OCH3 is 1. The van der Waals surface area contributed by atoms with Crippen molar-refractivity contribution in [1.29, 1.82) is 0 Å². The Kier molecular flexibility index (Phi) is 6.08. The standard InChI is InChI=1S/C20H23N3O4S/c1-5-23-17-9-7-6-8-16(17)21-20(23)28-12-18(24)22(3)11-14-10-15(13(2)27-14)19(25)26-4/h6-10H,5,11-12H2,1-4H3.